The molecule has 146 valence electrons. The Morgan fingerprint density at radius 3 is 2.96 bits per heavy atom. The maximum absolute atomic E-state index is 14.8. The topological polar surface area (TPSA) is 81.9 Å². The van der Waals surface area contributed by atoms with E-state index in [9.17, 15) is 13.9 Å². The molecule has 2 saturated heterocycles. The van der Waals surface area contributed by atoms with Crippen LogP contribution in [-0.2, 0) is 10.3 Å². The van der Waals surface area contributed by atoms with Crippen LogP contribution in [0.4, 0.5) is 14.5 Å². The van der Waals surface area contributed by atoms with Gasteiger partial charge in [-0.25, -0.2) is 8.78 Å². The van der Waals surface area contributed by atoms with Crippen LogP contribution in [0.3, 0.4) is 0 Å². The number of amidine groups is 1. The second-order valence-electron chi connectivity index (χ2n) is 6.59. The summed E-state index contributed by atoms with van der Waals surface area (Å²) >= 11 is 1.57. The first-order valence-electron chi connectivity index (χ1n) is 8.65. The van der Waals surface area contributed by atoms with Crippen LogP contribution in [0, 0.1) is 17.6 Å². The molecule has 1 aromatic heterocycles. The van der Waals surface area contributed by atoms with Gasteiger partial charge in [0.05, 0.1) is 36.3 Å². The van der Waals surface area contributed by atoms with E-state index in [4.69, 9.17) is 4.74 Å². The van der Waals surface area contributed by atoms with Crippen molar-refractivity contribution in [3.05, 3.63) is 59.4 Å². The highest BCUT2D eigenvalue weighted by atomic mass is 32.2. The molecule has 0 aliphatic carbocycles. The van der Waals surface area contributed by atoms with Crippen molar-refractivity contribution < 1.29 is 18.6 Å². The first-order chi connectivity index (χ1) is 13.5. The molecule has 2 fully saturated rings. The van der Waals surface area contributed by atoms with Gasteiger partial charge in [-0.05, 0) is 30.3 Å². The molecule has 9 heteroatoms. The molecule has 2 atom stereocenters. The second kappa shape index (κ2) is 7.48. The first kappa shape index (κ1) is 18.8. The normalized spacial score (nSPS) is 26.2. The maximum Gasteiger partial charge on any atom is 0.157 e. The number of benzene rings is 1. The summed E-state index contributed by atoms with van der Waals surface area (Å²) in [6.07, 6.45) is 0.952. The third kappa shape index (κ3) is 3.35. The second-order valence-corrected chi connectivity index (χ2v) is 7.60. The average molecular weight is 403 g/mol. The molecule has 2 aliphatic rings. The lowest BCUT2D eigenvalue weighted by Crippen LogP contribution is -2.54. The zero-order valence-electron chi connectivity index (χ0n) is 15.0. The Balaban J connectivity index is 1.73. The van der Waals surface area contributed by atoms with Gasteiger partial charge in [0, 0.05) is 30.2 Å². The van der Waals surface area contributed by atoms with Crippen molar-refractivity contribution in [2.75, 3.05) is 26.0 Å². The fourth-order valence-corrected chi connectivity index (χ4v) is 4.57. The molecule has 4 rings (SSSR count). The fourth-order valence-electron chi connectivity index (χ4n) is 3.44. The van der Waals surface area contributed by atoms with Crippen LogP contribution in [0.5, 0.6) is 0 Å². The largest absolute Gasteiger partial charge is 0.857 e. The van der Waals surface area contributed by atoms with Crippen molar-refractivity contribution in [2.24, 2.45) is 15.9 Å². The summed E-state index contributed by atoms with van der Waals surface area (Å²) in [5.74, 6) is -0.767. The predicted molar refractivity (Wildman–Crippen MR) is 102 cm³/mol. The van der Waals surface area contributed by atoms with E-state index in [0.717, 1.165) is 23.2 Å². The summed E-state index contributed by atoms with van der Waals surface area (Å²) in [7, 11) is 1.68. The summed E-state index contributed by atoms with van der Waals surface area (Å²) in [4.78, 5) is 11.9. The zero-order valence-corrected chi connectivity index (χ0v) is 15.8. The molecule has 2 unspecified atom stereocenters. The quantitative estimate of drug-likeness (QED) is 0.626. The SMILES string of the molecule is CN=C1NC2(c3cc(N=C([O-])c4ccc(F)cn4)ccc3F)COCC2CS1. The summed E-state index contributed by atoms with van der Waals surface area (Å²) in [6, 6.07) is 6.66. The molecule has 1 N–H and O–H groups in total. The summed E-state index contributed by atoms with van der Waals surface area (Å²) in [6.45, 7) is 0.807. The van der Waals surface area contributed by atoms with E-state index in [-0.39, 0.29) is 11.6 Å². The van der Waals surface area contributed by atoms with Gasteiger partial charge in [-0.15, -0.1) is 0 Å². The molecule has 2 aliphatic heterocycles. The summed E-state index contributed by atoms with van der Waals surface area (Å²) < 4.78 is 33.4. The van der Waals surface area contributed by atoms with Crippen molar-refractivity contribution in [2.45, 2.75) is 5.54 Å². The van der Waals surface area contributed by atoms with Crippen LogP contribution in [0.1, 0.15) is 11.3 Å². The number of thioether (sulfide) groups is 1. The Hall–Kier alpha value is -2.52. The minimum atomic E-state index is -0.757. The van der Waals surface area contributed by atoms with Gasteiger partial charge in [-0.3, -0.25) is 15.0 Å². The number of hydrogen-bond acceptors (Lipinski definition) is 6. The van der Waals surface area contributed by atoms with Gasteiger partial charge in [-0.1, -0.05) is 11.8 Å². The number of pyridine rings is 1. The van der Waals surface area contributed by atoms with E-state index in [1.165, 1.54) is 18.2 Å². The molecule has 0 amide bonds. The van der Waals surface area contributed by atoms with Gasteiger partial charge in [0.2, 0.25) is 0 Å². The van der Waals surface area contributed by atoms with Crippen molar-refractivity contribution in [3.63, 3.8) is 0 Å². The molecule has 0 spiro atoms. The third-order valence-corrected chi connectivity index (χ3v) is 6.03. The number of aromatic nitrogens is 1. The number of ether oxygens (including phenoxy) is 1. The Morgan fingerprint density at radius 2 is 2.21 bits per heavy atom. The van der Waals surface area contributed by atoms with Gasteiger partial charge in [0.1, 0.15) is 11.6 Å². The molecule has 6 nitrogen and oxygen atoms in total. The molecule has 3 heterocycles. The number of rotatable bonds is 3. The van der Waals surface area contributed by atoms with E-state index in [0.29, 0.717) is 24.5 Å². The van der Waals surface area contributed by atoms with Gasteiger partial charge in [0.25, 0.3) is 0 Å². The lowest BCUT2D eigenvalue weighted by atomic mass is 9.81. The van der Waals surface area contributed by atoms with Crippen LogP contribution >= 0.6 is 11.8 Å². The minimum absolute atomic E-state index is 0.0140. The van der Waals surface area contributed by atoms with Crippen LogP contribution in [0.2, 0.25) is 0 Å². The first-order valence-corrected chi connectivity index (χ1v) is 9.63. The van der Waals surface area contributed by atoms with Gasteiger partial charge >= 0.3 is 0 Å². The van der Waals surface area contributed by atoms with Gasteiger partial charge in [-0.2, -0.15) is 0 Å². The van der Waals surface area contributed by atoms with Crippen molar-refractivity contribution >= 4 is 28.5 Å². The van der Waals surface area contributed by atoms with Crippen molar-refractivity contribution in [3.8, 4) is 0 Å². The highest BCUT2D eigenvalue weighted by molar-refractivity contribution is 8.13. The molecular weight excluding hydrogens is 386 g/mol. The third-order valence-electron chi connectivity index (χ3n) is 4.91. The van der Waals surface area contributed by atoms with E-state index in [2.05, 4.69) is 20.3 Å². The molecule has 0 radical (unpaired) electrons. The Bertz CT molecular complexity index is 951. The molecule has 0 bridgehead atoms. The van der Waals surface area contributed by atoms with Crippen LogP contribution < -0.4 is 10.4 Å². The van der Waals surface area contributed by atoms with E-state index >= 15 is 0 Å². The van der Waals surface area contributed by atoms with Crippen LogP contribution in [0.15, 0.2) is 46.5 Å². The minimum Gasteiger partial charge on any atom is -0.857 e. The molecular formula is C19H17F2N4O2S-. The fraction of sp³-hybridized carbons (Fsp3) is 0.316. The Labute approximate surface area is 164 Å². The zero-order chi connectivity index (χ0) is 19.7. The number of aliphatic imine (C=N–C) groups is 2. The van der Waals surface area contributed by atoms with Gasteiger partial charge in [0.15, 0.2) is 5.17 Å². The van der Waals surface area contributed by atoms with Crippen molar-refractivity contribution in [1.82, 2.24) is 10.3 Å². The van der Waals surface area contributed by atoms with Crippen LogP contribution in [-0.4, -0.2) is 42.1 Å². The maximum atomic E-state index is 14.8. The number of halogens is 2. The molecule has 2 aromatic rings. The average Bonchev–Trinajstić information content (AvgIpc) is 3.13. The predicted octanol–water partition coefficient (Wildman–Crippen LogP) is 1.96. The lowest BCUT2D eigenvalue weighted by molar-refractivity contribution is -0.213. The molecule has 1 aromatic carbocycles. The molecule has 0 saturated carbocycles. The van der Waals surface area contributed by atoms with Crippen molar-refractivity contribution in [1.29, 1.82) is 0 Å². The number of nitrogens with one attached hydrogen (secondary N) is 1. The standard InChI is InChI=1S/C19H18F2N4O2S/c1-22-18-25-19(10-27-8-11(19)9-28-18)14-6-13(3-4-15(14)21)24-17(26)16-5-2-12(20)7-23-16/h2-7,11H,8-10H2,1H3,(H,22,25)(H,24,26)/p-1. The Morgan fingerprint density at radius 1 is 1.36 bits per heavy atom. The van der Waals surface area contributed by atoms with Gasteiger partial charge < -0.3 is 15.2 Å². The highest BCUT2D eigenvalue weighted by Gasteiger charge is 2.50. The smallest absolute Gasteiger partial charge is 0.157 e. The summed E-state index contributed by atoms with van der Waals surface area (Å²) in [5, 5.41) is 16.4. The van der Waals surface area contributed by atoms with E-state index in [1.54, 1.807) is 24.9 Å². The highest BCUT2D eigenvalue weighted by Crippen LogP contribution is 2.43. The molecule has 28 heavy (non-hydrogen) atoms. The lowest BCUT2D eigenvalue weighted by Gasteiger charge is -2.40. The van der Waals surface area contributed by atoms with E-state index < -0.39 is 23.1 Å². The van der Waals surface area contributed by atoms with E-state index in [1.807, 2.05) is 0 Å². The number of fused-ring (bicyclic) bond motifs is 1. The summed E-state index contributed by atoms with van der Waals surface area (Å²) in [5.41, 5.74) is -0.0624. The van der Waals surface area contributed by atoms with Crippen LogP contribution in [0.25, 0.3) is 0 Å². The Kier molecular flexibility index (Phi) is 5.03. The number of hydrogen-bond donors (Lipinski definition) is 1. The number of nitrogens with zero attached hydrogens (tertiary/aromatic N) is 3. The monoisotopic (exact) mass is 403 g/mol.